The SMILES string of the molecule is CC(C)CNCc1cc(Br)ccc1[N+](=O)[O-]. The summed E-state index contributed by atoms with van der Waals surface area (Å²) in [5.41, 5.74) is 0.875. The summed E-state index contributed by atoms with van der Waals surface area (Å²) in [5, 5.41) is 14.0. The maximum atomic E-state index is 10.8. The smallest absolute Gasteiger partial charge is 0.273 e. The van der Waals surface area contributed by atoms with Crippen LogP contribution in [0.1, 0.15) is 19.4 Å². The van der Waals surface area contributed by atoms with Crippen molar-refractivity contribution in [2.45, 2.75) is 20.4 Å². The number of nitro groups is 1. The van der Waals surface area contributed by atoms with E-state index in [1.807, 2.05) is 0 Å². The van der Waals surface area contributed by atoms with Crippen molar-refractivity contribution >= 4 is 21.6 Å². The number of rotatable bonds is 5. The summed E-state index contributed by atoms with van der Waals surface area (Å²) in [6.45, 7) is 5.57. The van der Waals surface area contributed by atoms with Crippen molar-refractivity contribution in [2.75, 3.05) is 6.54 Å². The topological polar surface area (TPSA) is 55.2 Å². The van der Waals surface area contributed by atoms with Crippen LogP contribution in [0.15, 0.2) is 22.7 Å². The summed E-state index contributed by atoms with van der Waals surface area (Å²) < 4.78 is 0.861. The maximum absolute atomic E-state index is 10.8. The number of hydrogen-bond acceptors (Lipinski definition) is 3. The number of hydrogen-bond donors (Lipinski definition) is 1. The highest BCUT2D eigenvalue weighted by Crippen LogP contribution is 2.22. The molecule has 16 heavy (non-hydrogen) atoms. The summed E-state index contributed by atoms with van der Waals surface area (Å²) in [5.74, 6) is 0.534. The van der Waals surface area contributed by atoms with Crippen molar-refractivity contribution in [3.8, 4) is 0 Å². The average Bonchev–Trinajstić information content (AvgIpc) is 2.16. The molecule has 0 saturated heterocycles. The lowest BCUT2D eigenvalue weighted by Crippen LogP contribution is -2.19. The van der Waals surface area contributed by atoms with Crippen LogP contribution < -0.4 is 5.32 Å². The van der Waals surface area contributed by atoms with E-state index in [1.54, 1.807) is 12.1 Å². The molecule has 0 fully saturated rings. The molecule has 1 N–H and O–H groups in total. The highest BCUT2D eigenvalue weighted by atomic mass is 79.9. The van der Waals surface area contributed by atoms with Crippen LogP contribution in [0.3, 0.4) is 0 Å². The van der Waals surface area contributed by atoms with Gasteiger partial charge < -0.3 is 5.32 Å². The van der Waals surface area contributed by atoms with Crippen molar-refractivity contribution in [1.29, 1.82) is 0 Å². The Morgan fingerprint density at radius 2 is 2.19 bits per heavy atom. The molecule has 1 rings (SSSR count). The highest BCUT2D eigenvalue weighted by molar-refractivity contribution is 9.10. The van der Waals surface area contributed by atoms with Gasteiger partial charge in [0.05, 0.1) is 4.92 Å². The van der Waals surface area contributed by atoms with E-state index < -0.39 is 0 Å². The van der Waals surface area contributed by atoms with E-state index in [-0.39, 0.29) is 10.6 Å². The molecule has 0 atom stereocenters. The third kappa shape index (κ3) is 3.90. The molecule has 0 aliphatic heterocycles. The fourth-order valence-corrected chi connectivity index (χ4v) is 1.78. The van der Waals surface area contributed by atoms with Crippen molar-refractivity contribution in [1.82, 2.24) is 5.32 Å². The maximum Gasteiger partial charge on any atom is 0.273 e. The number of nitrogens with zero attached hydrogens (tertiary/aromatic N) is 1. The van der Waals surface area contributed by atoms with Gasteiger partial charge >= 0.3 is 0 Å². The molecule has 5 heteroatoms. The predicted molar refractivity (Wildman–Crippen MR) is 67.3 cm³/mol. The molecule has 4 nitrogen and oxygen atoms in total. The average molecular weight is 287 g/mol. The fraction of sp³-hybridized carbons (Fsp3) is 0.455. The minimum absolute atomic E-state index is 0.166. The monoisotopic (exact) mass is 286 g/mol. The Balaban J connectivity index is 2.76. The third-order valence-electron chi connectivity index (χ3n) is 2.11. The van der Waals surface area contributed by atoms with Crippen molar-refractivity contribution in [2.24, 2.45) is 5.92 Å². The summed E-state index contributed by atoms with van der Waals surface area (Å²) >= 11 is 3.32. The molecule has 0 aromatic heterocycles. The Bertz CT molecular complexity index is 380. The van der Waals surface area contributed by atoms with Gasteiger partial charge in [0.25, 0.3) is 5.69 Å². The van der Waals surface area contributed by atoms with Gasteiger partial charge in [-0.25, -0.2) is 0 Å². The van der Waals surface area contributed by atoms with Crippen LogP contribution in [0.25, 0.3) is 0 Å². The van der Waals surface area contributed by atoms with Gasteiger partial charge in [0, 0.05) is 22.6 Å². The molecule has 0 unspecified atom stereocenters. The lowest BCUT2D eigenvalue weighted by atomic mass is 10.1. The van der Waals surface area contributed by atoms with Crippen molar-refractivity contribution in [3.63, 3.8) is 0 Å². The number of benzene rings is 1. The number of nitro benzene ring substituents is 1. The van der Waals surface area contributed by atoms with Gasteiger partial charge in [-0.05, 0) is 24.6 Å². The molecule has 0 saturated carbocycles. The summed E-state index contributed by atoms with van der Waals surface area (Å²) in [4.78, 5) is 10.4. The van der Waals surface area contributed by atoms with E-state index >= 15 is 0 Å². The quantitative estimate of drug-likeness (QED) is 0.668. The zero-order valence-corrected chi connectivity index (χ0v) is 11.0. The van der Waals surface area contributed by atoms with E-state index in [0.29, 0.717) is 18.0 Å². The van der Waals surface area contributed by atoms with Crippen LogP contribution in [0, 0.1) is 16.0 Å². The molecule has 0 radical (unpaired) electrons. The Morgan fingerprint density at radius 1 is 1.50 bits per heavy atom. The Hall–Kier alpha value is -0.940. The number of halogens is 1. The second-order valence-corrected chi connectivity index (χ2v) is 4.97. The Labute approximate surface area is 103 Å². The van der Waals surface area contributed by atoms with Gasteiger partial charge in [-0.15, -0.1) is 0 Å². The molecule has 0 amide bonds. The zero-order valence-electron chi connectivity index (χ0n) is 9.37. The molecule has 0 spiro atoms. The van der Waals surface area contributed by atoms with E-state index in [9.17, 15) is 10.1 Å². The summed E-state index contributed by atoms with van der Waals surface area (Å²) in [7, 11) is 0. The molecule has 1 aromatic carbocycles. The van der Waals surface area contributed by atoms with Gasteiger partial charge in [0.1, 0.15) is 0 Å². The zero-order chi connectivity index (χ0) is 12.1. The minimum Gasteiger partial charge on any atom is -0.312 e. The first kappa shape index (κ1) is 13.1. The first-order chi connectivity index (χ1) is 7.50. The van der Waals surface area contributed by atoms with Crippen LogP contribution in [0.5, 0.6) is 0 Å². The second kappa shape index (κ2) is 5.96. The minimum atomic E-state index is -0.348. The van der Waals surface area contributed by atoms with Gasteiger partial charge in [0.15, 0.2) is 0 Å². The van der Waals surface area contributed by atoms with E-state index in [2.05, 4.69) is 35.1 Å². The van der Waals surface area contributed by atoms with Crippen LogP contribution >= 0.6 is 15.9 Å². The van der Waals surface area contributed by atoms with E-state index in [4.69, 9.17) is 0 Å². The number of nitrogens with one attached hydrogen (secondary N) is 1. The van der Waals surface area contributed by atoms with Crippen LogP contribution in [0.4, 0.5) is 5.69 Å². The molecular weight excluding hydrogens is 272 g/mol. The second-order valence-electron chi connectivity index (χ2n) is 4.05. The third-order valence-corrected chi connectivity index (χ3v) is 2.60. The van der Waals surface area contributed by atoms with Gasteiger partial charge in [-0.2, -0.15) is 0 Å². The van der Waals surface area contributed by atoms with Gasteiger partial charge in [-0.3, -0.25) is 10.1 Å². The van der Waals surface area contributed by atoms with Gasteiger partial charge in [0.2, 0.25) is 0 Å². The predicted octanol–water partition coefficient (Wildman–Crippen LogP) is 3.10. The molecule has 0 aliphatic carbocycles. The van der Waals surface area contributed by atoms with Crippen molar-refractivity contribution in [3.05, 3.63) is 38.3 Å². The summed E-state index contributed by atoms with van der Waals surface area (Å²) in [6.07, 6.45) is 0. The molecule has 0 heterocycles. The van der Waals surface area contributed by atoms with E-state index in [0.717, 1.165) is 11.0 Å². The lowest BCUT2D eigenvalue weighted by molar-refractivity contribution is -0.385. The Morgan fingerprint density at radius 3 is 2.75 bits per heavy atom. The summed E-state index contributed by atoms with van der Waals surface area (Å²) in [6, 6.07) is 4.99. The van der Waals surface area contributed by atoms with Crippen LogP contribution in [-0.2, 0) is 6.54 Å². The lowest BCUT2D eigenvalue weighted by Gasteiger charge is -2.08. The van der Waals surface area contributed by atoms with Crippen LogP contribution in [0.2, 0.25) is 0 Å². The van der Waals surface area contributed by atoms with Gasteiger partial charge in [-0.1, -0.05) is 29.8 Å². The van der Waals surface area contributed by atoms with Crippen molar-refractivity contribution < 1.29 is 4.92 Å². The Kier molecular flexibility index (Phi) is 4.89. The first-order valence-electron chi connectivity index (χ1n) is 5.14. The standard InChI is InChI=1S/C11H15BrN2O2/c1-8(2)6-13-7-9-5-10(12)3-4-11(9)14(15)16/h3-5,8,13H,6-7H2,1-2H3. The first-order valence-corrected chi connectivity index (χ1v) is 5.93. The fourth-order valence-electron chi connectivity index (χ4n) is 1.37. The molecule has 0 bridgehead atoms. The normalized spacial score (nSPS) is 10.8. The highest BCUT2D eigenvalue weighted by Gasteiger charge is 2.13. The molecule has 88 valence electrons. The molecule has 1 aromatic rings. The molecular formula is C11H15BrN2O2. The largest absolute Gasteiger partial charge is 0.312 e. The van der Waals surface area contributed by atoms with Crippen LogP contribution in [-0.4, -0.2) is 11.5 Å². The van der Waals surface area contributed by atoms with E-state index in [1.165, 1.54) is 6.07 Å². The molecule has 0 aliphatic rings.